The molecular weight excluding hydrogens is 330 g/mol. The van der Waals surface area contributed by atoms with Gasteiger partial charge in [-0.05, 0) is 24.6 Å². The van der Waals surface area contributed by atoms with Gasteiger partial charge in [-0.15, -0.1) is 0 Å². The Kier molecular flexibility index (Phi) is 3.81. The van der Waals surface area contributed by atoms with Gasteiger partial charge in [-0.25, -0.2) is 9.97 Å². The van der Waals surface area contributed by atoms with Gasteiger partial charge in [-0.1, -0.05) is 24.3 Å². The van der Waals surface area contributed by atoms with Crippen molar-refractivity contribution in [2.24, 2.45) is 0 Å². The minimum Gasteiger partial charge on any atom is -0.320 e. The first-order chi connectivity index (χ1) is 12.6. The van der Waals surface area contributed by atoms with Crippen LogP contribution in [0.4, 0.5) is 5.69 Å². The lowest BCUT2D eigenvalue weighted by Gasteiger charge is -2.08. The average Bonchev–Trinajstić information content (AvgIpc) is 3.08. The highest BCUT2D eigenvalue weighted by molar-refractivity contribution is 6.04. The minimum absolute atomic E-state index is 0.0504. The molecule has 0 radical (unpaired) electrons. The first kappa shape index (κ1) is 15.8. The van der Waals surface area contributed by atoms with Gasteiger partial charge in [0.2, 0.25) is 0 Å². The molecule has 3 heterocycles. The third-order valence-corrected chi connectivity index (χ3v) is 4.04. The van der Waals surface area contributed by atoms with E-state index < -0.39 is 5.91 Å². The number of aromatic amines is 1. The predicted octanol–water partition coefficient (Wildman–Crippen LogP) is 2.65. The average molecular weight is 345 g/mol. The van der Waals surface area contributed by atoms with Gasteiger partial charge >= 0.3 is 0 Å². The Morgan fingerprint density at radius 2 is 2.04 bits per heavy atom. The zero-order valence-corrected chi connectivity index (χ0v) is 13.9. The van der Waals surface area contributed by atoms with Crippen molar-refractivity contribution < 1.29 is 4.79 Å². The van der Waals surface area contributed by atoms with Gasteiger partial charge < -0.3 is 14.7 Å². The molecule has 4 aromatic rings. The number of fused-ring (bicyclic) bond motifs is 1. The maximum absolute atomic E-state index is 12.4. The van der Waals surface area contributed by atoms with Gasteiger partial charge in [0.25, 0.3) is 11.5 Å². The van der Waals surface area contributed by atoms with E-state index in [2.05, 4.69) is 20.3 Å². The number of benzene rings is 1. The number of carbonyl (C=O) groups is 1. The van der Waals surface area contributed by atoms with E-state index in [-0.39, 0.29) is 11.3 Å². The predicted molar refractivity (Wildman–Crippen MR) is 98.2 cm³/mol. The van der Waals surface area contributed by atoms with Crippen molar-refractivity contribution in [1.82, 2.24) is 19.4 Å². The lowest BCUT2D eigenvalue weighted by Crippen LogP contribution is -2.18. The molecule has 0 saturated carbocycles. The maximum Gasteiger partial charge on any atom is 0.274 e. The summed E-state index contributed by atoms with van der Waals surface area (Å²) in [6.45, 7) is 2.00. The summed E-state index contributed by atoms with van der Waals surface area (Å²) in [6.07, 6.45) is 5.05. The Balaban J connectivity index is 1.73. The summed E-state index contributed by atoms with van der Waals surface area (Å²) in [5, 5.41) is 2.81. The standard InChI is InChI=1S/C19H15N5O2/c1-12-5-4-8-24-10-16(22-18(12)24)13-6-2-3-7-14(13)23-19(26)15-9-17(25)21-11-20-15/h2-11H,1H3,(H,23,26)(H,20,21,25). The maximum atomic E-state index is 12.4. The first-order valence-electron chi connectivity index (χ1n) is 8.01. The number of H-pyrrole nitrogens is 1. The molecule has 0 aliphatic heterocycles. The van der Waals surface area contributed by atoms with E-state index in [1.165, 1.54) is 6.33 Å². The molecule has 7 heteroatoms. The minimum atomic E-state index is -0.455. The molecule has 26 heavy (non-hydrogen) atoms. The van der Waals surface area contributed by atoms with Crippen molar-refractivity contribution in [2.45, 2.75) is 6.92 Å². The van der Waals surface area contributed by atoms with E-state index in [1.807, 2.05) is 54.0 Å². The topological polar surface area (TPSA) is 92.2 Å². The van der Waals surface area contributed by atoms with Crippen molar-refractivity contribution in [3.63, 3.8) is 0 Å². The SMILES string of the molecule is Cc1cccn2cc(-c3ccccc3NC(=O)c3cc(=O)[nH]cn3)nc12. The Hall–Kier alpha value is -3.74. The third-order valence-electron chi connectivity index (χ3n) is 4.04. The number of hydrogen-bond acceptors (Lipinski definition) is 4. The van der Waals surface area contributed by atoms with Gasteiger partial charge in [0.05, 0.1) is 17.7 Å². The quantitative estimate of drug-likeness (QED) is 0.597. The van der Waals surface area contributed by atoms with E-state index in [0.717, 1.165) is 28.5 Å². The van der Waals surface area contributed by atoms with Crippen molar-refractivity contribution >= 4 is 17.2 Å². The number of imidazole rings is 1. The van der Waals surface area contributed by atoms with Crippen LogP contribution in [0, 0.1) is 6.92 Å². The first-order valence-corrected chi connectivity index (χ1v) is 8.01. The fourth-order valence-electron chi connectivity index (χ4n) is 2.78. The molecule has 2 N–H and O–H groups in total. The summed E-state index contributed by atoms with van der Waals surface area (Å²) in [5.74, 6) is -0.455. The number of amides is 1. The van der Waals surface area contributed by atoms with Crippen LogP contribution < -0.4 is 10.9 Å². The summed E-state index contributed by atoms with van der Waals surface area (Å²) < 4.78 is 1.95. The second-order valence-corrected chi connectivity index (χ2v) is 5.84. The monoisotopic (exact) mass is 345 g/mol. The van der Waals surface area contributed by atoms with E-state index in [0.29, 0.717) is 5.69 Å². The highest BCUT2D eigenvalue weighted by atomic mass is 16.2. The molecule has 128 valence electrons. The molecule has 0 saturated heterocycles. The Morgan fingerprint density at radius 3 is 2.85 bits per heavy atom. The zero-order valence-electron chi connectivity index (χ0n) is 13.9. The Morgan fingerprint density at radius 1 is 1.19 bits per heavy atom. The van der Waals surface area contributed by atoms with Crippen molar-refractivity contribution in [2.75, 3.05) is 5.32 Å². The van der Waals surface area contributed by atoms with E-state index in [9.17, 15) is 9.59 Å². The summed E-state index contributed by atoms with van der Waals surface area (Å²) in [7, 11) is 0. The molecule has 1 aromatic carbocycles. The van der Waals surface area contributed by atoms with Crippen LogP contribution in [0.1, 0.15) is 16.1 Å². The van der Waals surface area contributed by atoms with E-state index in [1.54, 1.807) is 6.07 Å². The molecule has 0 atom stereocenters. The van der Waals surface area contributed by atoms with Gasteiger partial charge in [0, 0.05) is 24.0 Å². The lowest BCUT2D eigenvalue weighted by atomic mass is 10.1. The zero-order chi connectivity index (χ0) is 18.1. The van der Waals surface area contributed by atoms with E-state index in [4.69, 9.17) is 0 Å². The number of hydrogen-bond donors (Lipinski definition) is 2. The number of para-hydroxylation sites is 1. The fraction of sp³-hybridized carbons (Fsp3) is 0.0526. The molecule has 0 aliphatic carbocycles. The normalized spacial score (nSPS) is 10.8. The second-order valence-electron chi connectivity index (χ2n) is 5.84. The van der Waals surface area contributed by atoms with Crippen LogP contribution in [0.2, 0.25) is 0 Å². The Labute approximate surface area is 148 Å². The van der Waals surface area contributed by atoms with Gasteiger partial charge in [0.1, 0.15) is 11.3 Å². The van der Waals surface area contributed by atoms with Crippen LogP contribution in [0.15, 0.2) is 66.0 Å². The molecule has 0 aliphatic rings. The molecule has 7 nitrogen and oxygen atoms in total. The molecule has 0 spiro atoms. The summed E-state index contributed by atoms with van der Waals surface area (Å²) >= 11 is 0. The van der Waals surface area contributed by atoms with Crippen LogP contribution in [0.3, 0.4) is 0 Å². The van der Waals surface area contributed by atoms with Crippen LogP contribution in [-0.4, -0.2) is 25.3 Å². The van der Waals surface area contributed by atoms with Crippen LogP contribution in [0.25, 0.3) is 16.9 Å². The van der Waals surface area contributed by atoms with Crippen LogP contribution in [-0.2, 0) is 0 Å². The number of nitrogens with one attached hydrogen (secondary N) is 2. The number of carbonyl (C=O) groups excluding carboxylic acids is 1. The molecule has 3 aromatic heterocycles. The Bertz CT molecular complexity index is 1180. The number of rotatable bonds is 3. The van der Waals surface area contributed by atoms with Crippen LogP contribution in [0.5, 0.6) is 0 Å². The molecular formula is C19H15N5O2. The second kappa shape index (κ2) is 6.29. The van der Waals surface area contributed by atoms with Crippen molar-refractivity contribution in [3.8, 4) is 11.3 Å². The smallest absolute Gasteiger partial charge is 0.274 e. The molecule has 4 rings (SSSR count). The summed E-state index contributed by atoms with van der Waals surface area (Å²) in [5.41, 5.74) is 3.72. The van der Waals surface area contributed by atoms with Crippen molar-refractivity contribution in [1.29, 1.82) is 0 Å². The lowest BCUT2D eigenvalue weighted by molar-refractivity contribution is 0.102. The van der Waals surface area contributed by atoms with Gasteiger partial charge in [0.15, 0.2) is 0 Å². The number of anilines is 1. The molecule has 1 amide bonds. The molecule has 0 fully saturated rings. The largest absolute Gasteiger partial charge is 0.320 e. The van der Waals surface area contributed by atoms with Gasteiger partial charge in [-0.2, -0.15) is 0 Å². The van der Waals surface area contributed by atoms with E-state index >= 15 is 0 Å². The number of pyridine rings is 1. The van der Waals surface area contributed by atoms with Crippen LogP contribution >= 0.6 is 0 Å². The highest BCUT2D eigenvalue weighted by Crippen LogP contribution is 2.28. The number of aromatic nitrogens is 4. The van der Waals surface area contributed by atoms with Crippen molar-refractivity contribution in [3.05, 3.63) is 82.8 Å². The fourth-order valence-corrected chi connectivity index (χ4v) is 2.78. The summed E-state index contributed by atoms with van der Waals surface area (Å²) in [4.78, 5) is 34.8. The summed E-state index contributed by atoms with van der Waals surface area (Å²) in [6, 6.07) is 12.5. The number of nitrogens with zero attached hydrogens (tertiary/aromatic N) is 3. The molecule has 0 unspecified atom stereocenters. The third kappa shape index (κ3) is 2.86. The molecule has 0 bridgehead atoms. The van der Waals surface area contributed by atoms with Gasteiger partial charge in [-0.3, -0.25) is 9.59 Å². The number of aryl methyl sites for hydroxylation is 1. The highest BCUT2D eigenvalue weighted by Gasteiger charge is 2.14.